The van der Waals surface area contributed by atoms with Gasteiger partial charge in [-0.2, -0.15) is 4.57 Å². The Morgan fingerprint density at radius 1 is 0.321 bits per heavy atom. The van der Waals surface area contributed by atoms with Crippen LogP contribution < -0.4 is 26.4 Å². The van der Waals surface area contributed by atoms with Crippen molar-refractivity contribution in [2.75, 3.05) is 0 Å². The van der Waals surface area contributed by atoms with Crippen LogP contribution in [0.1, 0.15) is 10.4 Å². The Labute approximate surface area is 423 Å². The molecular formula is C55H22BF20NO. The second-order valence-corrected chi connectivity index (χ2v) is 17.2. The van der Waals surface area contributed by atoms with Crippen LogP contribution in [0.15, 0.2) is 121 Å². The number of fused-ring (bicyclic) bond motifs is 3. The maximum absolute atomic E-state index is 15.4. The summed E-state index contributed by atoms with van der Waals surface area (Å²) in [6, 6.07) is 39.5. The summed E-state index contributed by atoms with van der Waals surface area (Å²) < 4.78 is 296. The van der Waals surface area contributed by atoms with Crippen molar-refractivity contribution in [2.24, 2.45) is 0 Å². The Bertz CT molecular complexity index is 3770. The first-order chi connectivity index (χ1) is 37.0. The fraction of sp³-hybridized carbons (Fsp3) is 0.0182. The maximum atomic E-state index is 15.4. The first-order valence-electron chi connectivity index (χ1n) is 22.1. The number of benzene rings is 9. The molecule has 78 heavy (non-hydrogen) atoms. The van der Waals surface area contributed by atoms with Crippen molar-refractivity contribution in [3.05, 3.63) is 243 Å². The van der Waals surface area contributed by atoms with E-state index in [1.807, 2.05) is 48.7 Å². The number of halogens is 20. The van der Waals surface area contributed by atoms with E-state index in [2.05, 4.69) is 77.4 Å². The average Bonchev–Trinajstić information content (AvgIpc) is 3.50. The van der Waals surface area contributed by atoms with Gasteiger partial charge in [0, 0.05) is 17.7 Å². The minimum atomic E-state index is -7.22. The SMILES string of the molecule is Fc1c(F)c(F)c([B-](c2c(F)c(F)c(F)c(F)c2F)(c2c(F)c(F)c(F)c(F)c2F)c2c(F)c(F)c(F)c(F)c2F)c(F)c1F.O=C(C[n+]1ccccc1-c1c2ccccc2cc2cc3ccccc3cc12)c1ccccc1. The van der Waals surface area contributed by atoms with Crippen LogP contribution in [0.4, 0.5) is 87.8 Å². The second kappa shape index (κ2) is 20.3. The summed E-state index contributed by atoms with van der Waals surface area (Å²) in [5, 5.41) is 7.22. The van der Waals surface area contributed by atoms with Crippen molar-refractivity contribution >= 4 is 66.1 Å². The molecule has 0 spiro atoms. The zero-order valence-corrected chi connectivity index (χ0v) is 38.2. The van der Waals surface area contributed by atoms with Crippen LogP contribution in [0, 0.1) is 116 Å². The van der Waals surface area contributed by atoms with Gasteiger partial charge in [-0.3, -0.25) is 4.79 Å². The van der Waals surface area contributed by atoms with Gasteiger partial charge in [-0.05, 0) is 56.6 Å². The molecule has 0 amide bonds. The van der Waals surface area contributed by atoms with Gasteiger partial charge in [-0.1, -0.05) is 78.9 Å². The Morgan fingerprint density at radius 3 is 1.05 bits per heavy atom. The van der Waals surface area contributed by atoms with E-state index in [9.17, 15) is 57.5 Å². The molecule has 0 aliphatic rings. The molecule has 10 rings (SSSR count). The first-order valence-corrected chi connectivity index (χ1v) is 22.1. The number of rotatable bonds is 8. The molecule has 1 aromatic heterocycles. The summed E-state index contributed by atoms with van der Waals surface area (Å²) in [4.78, 5) is 13.1. The molecule has 0 fully saturated rings. The fourth-order valence-corrected chi connectivity index (χ4v) is 9.62. The number of carbonyl (C=O) groups excluding carboxylic acids is 1. The van der Waals surface area contributed by atoms with E-state index in [1.165, 1.54) is 32.3 Å². The molecule has 0 aliphatic heterocycles. The minimum absolute atomic E-state index is 0.100. The zero-order valence-electron chi connectivity index (χ0n) is 38.2. The Balaban J connectivity index is 0.000000198. The molecule has 0 bridgehead atoms. The Hall–Kier alpha value is -8.76. The number of nitrogens with zero attached hydrogens (tertiary/aromatic N) is 1. The molecule has 0 aliphatic carbocycles. The molecule has 1 heterocycles. The third kappa shape index (κ3) is 8.33. The van der Waals surface area contributed by atoms with Crippen LogP contribution >= 0.6 is 0 Å². The standard InChI is InChI=1S/C31H22NO.C24BF20/c33-30(22-10-2-1-3-11-22)21-32-17-9-8-16-29(32)31-27-15-7-6-14-25(27)19-26-18-23-12-4-5-13-24(23)20-28(26)31;26-5-1(6(27)14(35)21(42)13(5)34)25(2-7(28)15(36)22(43)16(37)8(2)29,3-9(30)17(38)23(44)18(39)10(3)31)4-11(32)19(40)24(45)20(41)12(4)33/h1-20H,21H2;/q+1;-1. The summed E-state index contributed by atoms with van der Waals surface area (Å²) in [6.07, 6.45) is -5.21. The first kappa shape index (κ1) is 54.0. The van der Waals surface area contributed by atoms with E-state index in [-0.39, 0.29) is 5.78 Å². The van der Waals surface area contributed by atoms with Crippen molar-refractivity contribution in [1.82, 2.24) is 0 Å². The van der Waals surface area contributed by atoms with Gasteiger partial charge in [0.05, 0.1) is 5.56 Å². The van der Waals surface area contributed by atoms with E-state index >= 15 is 35.1 Å². The molecule has 396 valence electrons. The summed E-state index contributed by atoms with van der Waals surface area (Å²) in [5.41, 5.74) is -11.4. The van der Waals surface area contributed by atoms with Gasteiger partial charge in [-0.15, -0.1) is 21.9 Å². The number of aromatic nitrogens is 1. The highest BCUT2D eigenvalue weighted by molar-refractivity contribution is 7.20. The predicted octanol–water partition coefficient (Wildman–Crippen LogP) is 12.8. The Kier molecular flexibility index (Phi) is 14.1. The van der Waals surface area contributed by atoms with Gasteiger partial charge in [0.25, 0.3) is 0 Å². The summed E-state index contributed by atoms with van der Waals surface area (Å²) in [5.74, 6) is -71.3. The molecular weight excluding hydrogens is 1080 g/mol. The molecule has 0 unspecified atom stereocenters. The van der Waals surface area contributed by atoms with Gasteiger partial charge >= 0.3 is 0 Å². The van der Waals surface area contributed by atoms with Crippen molar-refractivity contribution in [2.45, 2.75) is 6.54 Å². The van der Waals surface area contributed by atoms with Crippen molar-refractivity contribution in [1.29, 1.82) is 0 Å². The van der Waals surface area contributed by atoms with Crippen LogP contribution in [0.2, 0.25) is 0 Å². The van der Waals surface area contributed by atoms with Crippen LogP contribution in [-0.2, 0) is 6.54 Å². The maximum Gasteiger partial charge on any atom is 0.227 e. The number of hydrogen-bond donors (Lipinski definition) is 0. The highest BCUT2D eigenvalue weighted by Crippen LogP contribution is 2.38. The molecule has 2 nitrogen and oxygen atoms in total. The van der Waals surface area contributed by atoms with Crippen LogP contribution in [0.25, 0.3) is 43.6 Å². The summed E-state index contributed by atoms with van der Waals surface area (Å²) >= 11 is 0. The van der Waals surface area contributed by atoms with Crippen molar-refractivity contribution < 1.29 is 97.2 Å². The second-order valence-electron chi connectivity index (χ2n) is 17.2. The summed E-state index contributed by atoms with van der Waals surface area (Å²) in [6.45, 7) is 0.290. The number of hydrogen-bond acceptors (Lipinski definition) is 1. The van der Waals surface area contributed by atoms with Gasteiger partial charge in [0.2, 0.25) is 18.0 Å². The van der Waals surface area contributed by atoms with Gasteiger partial charge < -0.3 is 0 Å². The quantitative estimate of drug-likeness (QED) is 0.0283. The molecule has 0 saturated carbocycles. The van der Waals surface area contributed by atoms with E-state index < -0.39 is 144 Å². The smallest absolute Gasteiger partial charge is 0.227 e. The van der Waals surface area contributed by atoms with Crippen LogP contribution in [-0.4, -0.2) is 11.9 Å². The topological polar surface area (TPSA) is 20.9 Å². The lowest BCUT2D eigenvalue weighted by Gasteiger charge is -2.44. The average molecular weight is 1100 g/mol. The predicted molar refractivity (Wildman–Crippen MR) is 245 cm³/mol. The molecule has 9 aromatic carbocycles. The lowest BCUT2D eigenvalue weighted by molar-refractivity contribution is -0.672. The molecule has 0 atom stereocenters. The molecule has 10 aromatic rings. The third-order valence-corrected chi connectivity index (χ3v) is 13.0. The van der Waals surface area contributed by atoms with Gasteiger partial charge in [0.1, 0.15) is 52.7 Å². The number of carbonyl (C=O) groups is 1. The van der Waals surface area contributed by atoms with Gasteiger partial charge in [0.15, 0.2) is 76.0 Å². The number of Topliss-reactive ketones (excluding diaryl/α,β-unsaturated/α-hetero) is 1. The van der Waals surface area contributed by atoms with Crippen LogP contribution in [0.3, 0.4) is 0 Å². The van der Waals surface area contributed by atoms with Crippen molar-refractivity contribution in [3.8, 4) is 11.3 Å². The fourth-order valence-electron chi connectivity index (χ4n) is 9.62. The Morgan fingerprint density at radius 2 is 0.641 bits per heavy atom. The van der Waals surface area contributed by atoms with E-state index in [1.54, 1.807) is 0 Å². The third-order valence-electron chi connectivity index (χ3n) is 13.0. The molecule has 23 heteroatoms. The molecule has 0 radical (unpaired) electrons. The monoisotopic (exact) mass is 1100 g/mol. The highest BCUT2D eigenvalue weighted by atomic mass is 19.2. The van der Waals surface area contributed by atoms with E-state index in [4.69, 9.17) is 0 Å². The van der Waals surface area contributed by atoms with Gasteiger partial charge in [-0.25, -0.2) is 87.8 Å². The lowest BCUT2D eigenvalue weighted by Crippen LogP contribution is -2.81. The van der Waals surface area contributed by atoms with E-state index in [0.29, 0.717) is 6.54 Å². The lowest BCUT2D eigenvalue weighted by atomic mass is 9.12. The largest absolute Gasteiger partial charge is 0.287 e. The number of ketones is 1. The number of pyridine rings is 1. The zero-order chi connectivity index (χ0) is 56.6. The van der Waals surface area contributed by atoms with Crippen molar-refractivity contribution in [3.63, 3.8) is 0 Å². The minimum Gasteiger partial charge on any atom is -0.287 e. The van der Waals surface area contributed by atoms with E-state index in [0.717, 1.165) is 16.8 Å². The normalized spacial score (nSPS) is 11.7. The highest BCUT2D eigenvalue weighted by Gasteiger charge is 2.52. The summed E-state index contributed by atoms with van der Waals surface area (Å²) in [7, 11) is 0. The van der Waals surface area contributed by atoms with Crippen LogP contribution in [0.5, 0.6) is 0 Å². The molecule has 0 saturated heterocycles. The molecule has 0 N–H and O–H groups in total.